The summed E-state index contributed by atoms with van der Waals surface area (Å²) in [4.78, 5) is 46.5. The Morgan fingerprint density at radius 1 is 1.15 bits per heavy atom. The number of carbonyl (C=O) groups is 3. The van der Waals surface area contributed by atoms with Gasteiger partial charge in [-0.05, 0) is 44.7 Å². The van der Waals surface area contributed by atoms with E-state index >= 15 is 0 Å². The van der Waals surface area contributed by atoms with Gasteiger partial charge in [0.05, 0.1) is 12.4 Å². The zero-order valence-electron chi connectivity index (χ0n) is 19.1. The molecule has 1 fully saturated rings. The third-order valence-electron chi connectivity index (χ3n) is 4.91. The highest BCUT2D eigenvalue weighted by molar-refractivity contribution is 6.09. The minimum absolute atomic E-state index is 0.105. The summed E-state index contributed by atoms with van der Waals surface area (Å²) in [6.07, 6.45) is 5.76. The van der Waals surface area contributed by atoms with Crippen LogP contribution in [0.1, 0.15) is 41.1 Å². The van der Waals surface area contributed by atoms with Crippen LogP contribution >= 0.6 is 0 Å². The number of carbonyl (C=O) groups excluding carboxylic acids is 3. The average molecular weight is 466 g/mol. The molecule has 0 bridgehead atoms. The third-order valence-corrected chi connectivity index (χ3v) is 4.91. The second-order valence-electron chi connectivity index (χ2n) is 7.54. The number of amidine groups is 1. The lowest BCUT2D eigenvalue weighted by atomic mass is 10.1. The number of hydrogen-bond acceptors (Lipinski definition) is 9. The lowest BCUT2D eigenvalue weighted by Gasteiger charge is -2.30. The van der Waals surface area contributed by atoms with Gasteiger partial charge in [-0.2, -0.15) is 0 Å². The van der Waals surface area contributed by atoms with Crippen LogP contribution in [0.15, 0.2) is 42.9 Å². The Bertz CT molecular complexity index is 1110. The van der Waals surface area contributed by atoms with Crippen molar-refractivity contribution in [2.75, 3.05) is 20.1 Å². The number of amides is 2. The van der Waals surface area contributed by atoms with E-state index in [1.807, 2.05) is 0 Å². The highest BCUT2D eigenvalue weighted by Crippen LogP contribution is 2.27. The molecule has 0 unspecified atom stereocenters. The predicted octanol–water partition coefficient (Wildman–Crippen LogP) is 1.91. The van der Waals surface area contributed by atoms with Crippen LogP contribution in [0.25, 0.3) is 0 Å². The Morgan fingerprint density at radius 3 is 2.47 bits per heavy atom. The molecule has 3 rings (SSSR count). The minimum atomic E-state index is -0.741. The van der Waals surface area contributed by atoms with E-state index in [4.69, 9.17) is 14.9 Å². The monoisotopic (exact) mass is 466 g/mol. The highest BCUT2D eigenvalue weighted by atomic mass is 16.5. The number of hydrogen-bond donors (Lipinski definition) is 3. The van der Waals surface area contributed by atoms with Gasteiger partial charge in [-0.25, -0.2) is 9.97 Å². The number of nitrogens with one attached hydrogen (secondary N) is 3. The summed E-state index contributed by atoms with van der Waals surface area (Å²) in [6, 6.07) is 4.39. The Kier molecular flexibility index (Phi) is 7.91. The first-order valence-corrected chi connectivity index (χ1v) is 10.6. The standard InChI is InChI=1S/C23H26N6O5/c1-14(30)15(2)33-17-9-16(22(31)28-20(24)5-6-25-3)10-18(11-17)34-21-13-26-19(12-27-21)23(32)29-7-4-8-29/h5-6,9-13,15,25H,4,7-8H2,1-3H3,(H2,24,28,31)/b6-5-/t15-/m0/s1. The predicted molar refractivity (Wildman–Crippen MR) is 123 cm³/mol. The topological polar surface area (TPSA) is 147 Å². The molecule has 178 valence electrons. The van der Waals surface area contributed by atoms with E-state index in [9.17, 15) is 14.4 Å². The number of benzene rings is 1. The Balaban J connectivity index is 1.81. The number of nitrogens with zero attached hydrogens (tertiary/aromatic N) is 3. The molecule has 1 aliphatic heterocycles. The summed E-state index contributed by atoms with van der Waals surface area (Å²) < 4.78 is 11.4. The second-order valence-corrected chi connectivity index (χ2v) is 7.54. The molecule has 0 aliphatic carbocycles. The third kappa shape index (κ3) is 6.37. The zero-order valence-corrected chi connectivity index (χ0v) is 19.1. The van der Waals surface area contributed by atoms with Gasteiger partial charge in [0.15, 0.2) is 11.9 Å². The Hall–Kier alpha value is -4.28. The molecule has 0 saturated carbocycles. The van der Waals surface area contributed by atoms with Gasteiger partial charge in [0, 0.05) is 31.8 Å². The molecule has 2 heterocycles. The van der Waals surface area contributed by atoms with Crippen molar-refractivity contribution in [1.29, 1.82) is 5.41 Å². The van der Waals surface area contributed by atoms with Crippen LogP contribution < -0.4 is 20.1 Å². The van der Waals surface area contributed by atoms with Gasteiger partial charge >= 0.3 is 0 Å². The van der Waals surface area contributed by atoms with Crippen LogP contribution in [0.3, 0.4) is 0 Å². The fraction of sp³-hybridized carbons (Fsp3) is 0.304. The first-order valence-electron chi connectivity index (χ1n) is 10.6. The van der Waals surface area contributed by atoms with Gasteiger partial charge < -0.3 is 25.0 Å². The molecule has 1 aromatic carbocycles. The average Bonchev–Trinajstić information content (AvgIpc) is 2.76. The normalized spacial score (nSPS) is 13.6. The number of aromatic nitrogens is 2. The summed E-state index contributed by atoms with van der Waals surface area (Å²) in [5.74, 6) is -0.547. The molecule has 2 aromatic rings. The highest BCUT2D eigenvalue weighted by Gasteiger charge is 2.23. The Labute approximate surface area is 196 Å². The number of Topliss-reactive ketones (excluding diaryl/α,β-unsaturated/α-hetero) is 1. The minimum Gasteiger partial charge on any atom is -0.483 e. The summed E-state index contributed by atoms with van der Waals surface area (Å²) in [7, 11) is 1.67. The van der Waals surface area contributed by atoms with Crippen LogP contribution in [0.2, 0.25) is 0 Å². The molecular formula is C23H26N6O5. The summed E-state index contributed by atoms with van der Waals surface area (Å²) in [5, 5.41) is 13.0. The largest absolute Gasteiger partial charge is 0.483 e. The summed E-state index contributed by atoms with van der Waals surface area (Å²) >= 11 is 0. The van der Waals surface area contributed by atoms with Crippen LogP contribution in [0.5, 0.6) is 17.4 Å². The molecule has 1 saturated heterocycles. The number of ketones is 1. The Morgan fingerprint density at radius 2 is 1.88 bits per heavy atom. The van der Waals surface area contributed by atoms with E-state index in [2.05, 4.69) is 20.6 Å². The van der Waals surface area contributed by atoms with E-state index < -0.39 is 12.0 Å². The first-order chi connectivity index (χ1) is 16.3. The van der Waals surface area contributed by atoms with Crippen molar-refractivity contribution in [3.8, 4) is 17.4 Å². The molecular weight excluding hydrogens is 440 g/mol. The van der Waals surface area contributed by atoms with Crippen LogP contribution in [-0.2, 0) is 4.79 Å². The van der Waals surface area contributed by atoms with Crippen molar-refractivity contribution in [2.24, 2.45) is 0 Å². The van der Waals surface area contributed by atoms with E-state index in [0.29, 0.717) is 13.1 Å². The van der Waals surface area contributed by atoms with Crippen molar-refractivity contribution in [3.05, 3.63) is 54.1 Å². The van der Waals surface area contributed by atoms with Crippen molar-refractivity contribution >= 4 is 23.4 Å². The molecule has 1 atom stereocenters. The molecule has 0 spiro atoms. The van der Waals surface area contributed by atoms with Crippen molar-refractivity contribution in [3.63, 3.8) is 0 Å². The molecule has 34 heavy (non-hydrogen) atoms. The van der Waals surface area contributed by atoms with Gasteiger partial charge in [-0.3, -0.25) is 19.8 Å². The number of likely N-dealkylation sites (tertiary alicyclic amines) is 1. The smallest absolute Gasteiger partial charge is 0.274 e. The van der Waals surface area contributed by atoms with Crippen molar-refractivity contribution in [2.45, 2.75) is 26.4 Å². The quantitative estimate of drug-likeness (QED) is 0.375. The molecule has 0 radical (unpaired) electrons. The SMILES string of the molecule is CN/C=C\C(=N)NC(=O)c1cc(Oc2cnc(C(=O)N3CCC3)cn2)cc(O[C@@H](C)C(C)=O)c1. The lowest BCUT2D eigenvalue weighted by molar-refractivity contribution is -0.122. The maximum absolute atomic E-state index is 12.7. The van der Waals surface area contributed by atoms with Gasteiger partial charge in [-0.15, -0.1) is 0 Å². The van der Waals surface area contributed by atoms with Gasteiger partial charge in [0.1, 0.15) is 23.0 Å². The lowest BCUT2D eigenvalue weighted by Crippen LogP contribution is -2.42. The van der Waals surface area contributed by atoms with Gasteiger partial charge in [0.25, 0.3) is 11.8 Å². The van der Waals surface area contributed by atoms with Crippen LogP contribution in [0.4, 0.5) is 0 Å². The zero-order chi connectivity index (χ0) is 24.7. The molecule has 3 N–H and O–H groups in total. The van der Waals surface area contributed by atoms with Gasteiger partial charge in [-0.1, -0.05) is 0 Å². The first kappa shape index (κ1) is 24.4. The van der Waals surface area contributed by atoms with Crippen molar-refractivity contribution < 1.29 is 23.9 Å². The molecule has 1 aromatic heterocycles. The summed E-state index contributed by atoms with van der Waals surface area (Å²) in [5.41, 5.74) is 0.357. The molecule has 1 aliphatic rings. The number of ether oxygens (including phenoxy) is 2. The van der Waals surface area contributed by atoms with Gasteiger partial charge in [0.2, 0.25) is 5.88 Å². The fourth-order valence-electron chi connectivity index (χ4n) is 2.80. The fourth-order valence-corrected chi connectivity index (χ4v) is 2.80. The van der Waals surface area contributed by atoms with Crippen LogP contribution in [-0.4, -0.2) is 64.5 Å². The molecule has 2 amide bonds. The van der Waals surface area contributed by atoms with E-state index in [1.165, 1.54) is 49.8 Å². The summed E-state index contributed by atoms with van der Waals surface area (Å²) in [6.45, 7) is 4.40. The van der Waals surface area contributed by atoms with E-state index in [-0.39, 0.29) is 46.2 Å². The van der Waals surface area contributed by atoms with E-state index in [0.717, 1.165) is 6.42 Å². The molecule has 11 heteroatoms. The van der Waals surface area contributed by atoms with Crippen LogP contribution in [0, 0.1) is 5.41 Å². The van der Waals surface area contributed by atoms with Crippen molar-refractivity contribution in [1.82, 2.24) is 25.5 Å². The van der Waals surface area contributed by atoms with E-state index in [1.54, 1.807) is 18.9 Å². The maximum Gasteiger partial charge on any atom is 0.274 e. The number of rotatable bonds is 9. The molecule has 11 nitrogen and oxygen atoms in total. The maximum atomic E-state index is 12.7. The second kappa shape index (κ2) is 11.0.